The lowest BCUT2D eigenvalue weighted by Gasteiger charge is -2.36. The van der Waals surface area contributed by atoms with E-state index >= 15 is 0 Å². The number of ether oxygens (including phenoxy) is 2. The number of carbonyl (C=O) groups is 1. The van der Waals surface area contributed by atoms with Crippen LogP contribution >= 0.6 is 12.4 Å². The second-order valence-corrected chi connectivity index (χ2v) is 7.76. The third-order valence-corrected chi connectivity index (χ3v) is 6.15. The first-order valence-electron chi connectivity index (χ1n) is 9.79. The van der Waals surface area contributed by atoms with Gasteiger partial charge in [0.15, 0.2) is 0 Å². The standard InChI is InChI=1S/C21H32N2O3.ClH/c1-25-11-10-22-8-9-23-20(24)21(15-17-6-7-18(21)12-17)14-16-4-3-5-19(13-16)26-2;/h3-5,13,17-18,22H,6-12,14-15H2,1-2H3,(H,23,24);1H. The molecule has 2 bridgehead atoms. The van der Waals surface area contributed by atoms with Crippen LogP contribution in [0, 0.1) is 17.3 Å². The molecular formula is C21H33ClN2O3. The van der Waals surface area contributed by atoms with Crippen molar-refractivity contribution < 1.29 is 14.3 Å². The molecule has 3 atom stereocenters. The van der Waals surface area contributed by atoms with Crippen LogP contribution in [0.25, 0.3) is 0 Å². The van der Waals surface area contributed by atoms with Crippen LogP contribution in [0.5, 0.6) is 5.75 Å². The van der Waals surface area contributed by atoms with E-state index in [2.05, 4.69) is 22.8 Å². The summed E-state index contributed by atoms with van der Waals surface area (Å²) in [5.74, 6) is 2.33. The fourth-order valence-corrected chi connectivity index (χ4v) is 4.91. The van der Waals surface area contributed by atoms with Gasteiger partial charge in [0.25, 0.3) is 0 Å². The average molecular weight is 397 g/mol. The van der Waals surface area contributed by atoms with E-state index in [1.807, 2.05) is 12.1 Å². The van der Waals surface area contributed by atoms with Gasteiger partial charge in [0.1, 0.15) is 5.75 Å². The minimum absolute atomic E-state index is 0. The summed E-state index contributed by atoms with van der Waals surface area (Å²) in [5, 5.41) is 6.49. The zero-order valence-electron chi connectivity index (χ0n) is 16.5. The van der Waals surface area contributed by atoms with Gasteiger partial charge in [0, 0.05) is 26.7 Å². The maximum atomic E-state index is 13.2. The van der Waals surface area contributed by atoms with Crippen LogP contribution < -0.4 is 15.4 Å². The summed E-state index contributed by atoms with van der Waals surface area (Å²) in [6.45, 7) is 2.95. The van der Waals surface area contributed by atoms with Crippen LogP contribution in [0.15, 0.2) is 24.3 Å². The topological polar surface area (TPSA) is 59.6 Å². The summed E-state index contributed by atoms with van der Waals surface area (Å²) < 4.78 is 10.4. The Bertz CT molecular complexity index is 613. The molecule has 0 aliphatic heterocycles. The number of halogens is 1. The number of amides is 1. The predicted octanol–water partition coefficient (Wildman–Crippen LogP) is 2.82. The summed E-state index contributed by atoms with van der Waals surface area (Å²) in [7, 11) is 3.39. The first kappa shape index (κ1) is 22.0. The second kappa shape index (κ2) is 10.3. The molecule has 3 rings (SSSR count). The van der Waals surface area contributed by atoms with Gasteiger partial charge in [0.2, 0.25) is 5.91 Å². The molecule has 5 nitrogen and oxygen atoms in total. The number of hydrogen-bond donors (Lipinski definition) is 2. The molecule has 2 fully saturated rings. The molecule has 2 saturated carbocycles. The van der Waals surface area contributed by atoms with Crippen LogP contribution in [0.2, 0.25) is 0 Å². The van der Waals surface area contributed by atoms with E-state index < -0.39 is 0 Å². The van der Waals surface area contributed by atoms with E-state index in [4.69, 9.17) is 9.47 Å². The predicted molar refractivity (Wildman–Crippen MR) is 110 cm³/mol. The summed E-state index contributed by atoms with van der Waals surface area (Å²) in [6, 6.07) is 8.18. The molecule has 1 amide bonds. The van der Waals surface area contributed by atoms with Gasteiger partial charge in [0.05, 0.1) is 19.1 Å². The molecule has 3 unspecified atom stereocenters. The Morgan fingerprint density at radius 3 is 2.74 bits per heavy atom. The van der Waals surface area contributed by atoms with Crippen molar-refractivity contribution in [2.45, 2.75) is 32.1 Å². The van der Waals surface area contributed by atoms with Gasteiger partial charge in [-0.1, -0.05) is 18.6 Å². The van der Waals surface area contributed by atoms with Gasteiger partial charge >= 0.3 is 0 Å². The first-order chi connectivity index (χ1) is 12.7. The van der Waals surface area contributed by atoms with Gasteiger partial charge < -0.3 is 20.1 Å². The molecule has 0 spiro atoms. The molecule has 2 aliphatic rings. The molecule has 1 aromatic rings. The Morgan fingerprint density at radius 2 is 2.07 bits per heavy atom. The van der Waals surface area contributed by atoms with Crippen molar-refractivity contribution in [1.82, 2.24) is 10.6 Å². The monoisotopic (exact) mass is 396 g/mol. The van der Waals surface area contributed by atoms with Crippen LogP contribution in [-0.4, -0.2) is 46.4 Å². The lowest BCUT2D eigenvalue weighted by Crippen LogP contribution is -2.47. The van der Waals surface area contributed by atoms with Crippen molar-refractivity contribution in [3.05, 3.63) is 29.8 Å². The molecule has 2 aliphatic carbocycles. The lowest BCUT2D eigenvalue weighted by atomic mass is 9.68. The normalized spacial score (nSPS) is 25.9. The fraction of sp³-hybridized carbons (Fsp3) is 0.667. The van der Waals surface area contributed by atoms with Gasteiger partial charge in [-0.2, -0.15) is 0 Å². The summed E-state index contributed by atoms with van der Waals surface area (Å²) >= 11 is 0. The van der Waals surface area contributed by atoms with Crippen molar-refractivity contribution in [3.8, 4) is 5.75 Å². The molecule has 152 valence electrons. The van der Waals surface area contributed by atoms with Crippen LogP contribution in [-0.2, 0) is 16.0 Å². The second-order valence-electron chi connectivity index (χ2n) is 7.76. The van der Waals surface area contributed by atoms with Gasteiger partial charge in [-0.05, 0) is 55.2 Å². The third-order valence-electron chi connectivity index (χ3n) is 6.15. The average Bonchev–Trinajstić information content (AvgIpc) is 3.26. The van der Waals surface area contributed by atoms with Crippen LogP contribution in [0.3, 0.4) is 0 Å². The van der Waals surface area contributed by atoms with E-state index in [1.54, 1.807) is 14.2 Å². The lowest BCUT2D eigenvalue weighted by molar-refractivity contribution is -0.134. The van der Waals surface area contributed by atoms with Crippen molar-refractivity contribution in [2.24, 2.45) is 17.3 Å². The molecule has 6 heteroatoms. The van der Waals surface area contributed by atoms with Crippen molar-refractivity contribution in [2.75, 3.05) is 40.5 Å². The summed E-state index contributed by atoms with van der Waals surface area (Å²) in [4.78, 5) is 13.2. The molecule has 0 heterocycles. The number of carbonyl (C=O) groups excluding carboxylic acids is 1. The van der Waals surface area contributed by atoms with E-state index in [0.29, 0.717) is 19.1 Å². The van der Waals surface area contributed by atoms with Crippen molar-refractivity contribution in [3.63, 3.8) is 0 Å². The highest BCUT2D eigenvalue weighted by atomic mass is 35.5. The highest BCUT2D eigenvalue weighted by Gasteiger charge is 2.55. The molecule has 0 aromatic heterocycles. The Balaban J connectivity index is 0.00000261. The van der Waals surface area contributed by atoms with Crippen LogP contribution in [0.4, 0.5) is 0 Å². The van der Waals surface area contributed by atoms with Gasteiger partial charge in [-0.25, -0.2) is 0 Å². The number of benzene rings is 1. The summed E-state index contributed by atoms with van der Waals surface area (Å²) in [6.07, 6.45) is 5.53. The fourth-order valence-electron chi connectivity index (χ4n) is 4.91. The van der Waals surface area contributed by atoms with E-state index in [1.165, 1.54) is 24.8 Å². The smallest absolute Gasteiger partial charge is 0.226 e. The van der Waals surface area contributed by atoms with Crippen molar-refractivity contribution >= 4 is 18.3 Å². The Kier molecular flexibility index (Phi) is 8.39. The SMILES string of the molecule is COCCNCCNC(=O)C1(Cc2cccc(OC)c2)CC2CCC1C2.Cl. The first-order valence-corrected chi connectivity index (χ1v) is 9.79. The maximum Gasteiger partial charge on any atom is 0.226 e. The minimum Gasteiger partial charge on any atom is -0.497 e. The molecule has 27 heavy (non-hydrogen) atoms. The van der Waals surface area contributed by atoms with Gasteiger partial charge in [-0.15, -0.1) is 12.4 Å². The highest BCUT2D eigenvalue weighted by Crippen LogP contribution is 2.57. The molecule has 0 radical (unpaired) electrons. The number of hydrogen-bond acceptors (Lipinski definition) is 4. The molecule has 1 aromatic carbocycles. The molecule has 2 N–H and O–H groups in total. The van der Waals surface area contributed by atoms with E-state index in [0.717, 1.165) is 37.6 Å². The number of fused-ring (bicyclic) bond motifs is 2. The number of nitrogens with one attached hydrogen (secondary N) is 2. The largest absolute Gasteiger partial charge is 0.497 e. The minimum atomic E-state index is -0.248. The molecule has 0 saturated heterocycles. The van der Waals surface area contributed by atoms with E-state index in [9.17, 15) is 4.79 Å². The Morgan fingerprint density at radius 1 is 1.22 bits per heavy atom. The maximum absolute atomic E-state index is 13.2. The zero-order chi connectivity index (χ0) is 18.4. The molecular weight excluding hydrogens is 364 g/mol. The number of rotatable bonds is 10. The zero-order valence-corrected chi connectivity index (χ0v) is 17.3. The number of methoxy groups -OCH3 is 2. The quantitative estimate of drug-likeness (QED) is 0.597. The van der Waals surface area contributed by atoms with E-state index in [-0.39, 0.29) is 23.7 Å². The Hall–Kier alpha value is -1.30. The third kappa shape index (κ3) is 5.15. The van der Waals surface area contributed by atoms with Gasteiger partial charge in [-0.3, -0.25) is 4.79 Å². The van der Waals surface area contributed by atoms with Crippen LogP contribution in [0.1, 0.15) is 31.2 Å². The highest BCUT2D eigenvalue weighted by molar-refractivity contribution is 5.85. The van der Waals surface area contributed by atoms with Crippen molar-refractivity contribution in [1.29, 1.82) is 0 Å². The summed E-state index contributed by atoms with van der Waals surface area (Å²) in [5.41, 5.74) is 0.951. The Labute approximate surface area is 169 Å².